The molecule has 3 fully saturated rings. The molecule has 306 valence electrons. The number of esters is 3. The summed E-state index contributed by atoms with van der Waals surface area (Å²) in [5.41, 5.74) is -6.56. The molecule has 5 rings (SSSR count). The SMILES string of the molecule is CO[C@@H]1CC(C)(C)[C@@](O)(C[C@H](OC(=O)[C@H](O)[C@@H](NC(C)=O)c2ccccc2)C(C)C)[C@@H](OC(=O)c2ccccc2)[C@@H]2[C@]3(OC(C)=O)CO[C@@H]3C[C@H](O)[C@@]2(C)C1=O. The number of methoxy groups -OCH3 is 1. The predicted molar refractivity (Wildman–Crippen MR) is 200 cm³/mol. The third kappa shape index (κ3) is 7.73. The third-order valence-electron chi connectivity index (χ3n) is 12.3. The molecule has 1 saturated heterocycles. The van der Waals surface area contributed by atoms with E-state index in [0.29, 0.717) is 5.56 Å². The fourth-order valence-corrected chi connectivity index (χ4v) is 8.95. The molecule has 14 nitrogen and oxygen atoms in total. The maximum absolute atomic E-state index is 14.8. The topological polar surface area (TPSA) is 204 Å². The van der Waals surface area contributed by atoms with E-state index in [-0.39, 0.29) is 25.0 Å². The lowest BCUT2D eigenvalue weighted by atomic mass is 9.46. The van der Waals surface area contributed by atoms with E-state index in [1.807, 2.05) is 0 Å². The van der Waals surface area contributed by atoms with Crippen LogP contribution in [-0.2, 0) is 42.9 Å². The van der Waals surface area contributed by atoms with Gasteiger partial charge in [0.1, 0.15) is 30.0 Å². The van der Waals surface area contributed by atoms with E-state index < -0.39 is 113 Å². The Kier molecular flexibility index (Phi) is 12.5. The van der Waals surface area contributed by atoms with Gasteiger partial charge in [-0.05, 0) is 37.0 Å². The van der Waals surface area contributed by atoms with Gasteiger partial charge in [-0.2, -0.15) is 0 Å². The van der Waals surface area contributed by atoms with Crippen LogP contribution in [0.15, 0.2) is 60.7 Å². The van der Waals surface area contributed by atoms with Gasteiger partial charge in [-0.15, -0.1) is 0 Å². The van der Waals surface area contributed by atoms with E-state index in [0.717, 1.165) is 0 Å². The molecule has 4 N–H and O–H groups in total. The van der Waals surface area contributed by atoms with Crippen molar-refractivity contribution in [2.75, 3.05) is 13.7 Å². The Morgan fingerprint density at radius 3 is 2.11 bits per heavy atom. The number of ether oxygens (including phenoxy) is 5. The first-order valence-corrected chi connectivity index (χ1v) is 19.0. The van der Waals surface area contributed by atoms with Gasteiger partial charge in [0.25, 0.3) is 0 Å². The number of aliphatic hydroxyl groups is 3. The number of Topliss-reactive ketones (excluding diaryl/α,β-unsaturated/α-hetero) is 1. The van der Waals surface area contributed by atoms with Gasteiger partial charge in [0.2, 0.25) is 5.91 Å². The minimum Gasteiger partial charge on any atom is -0.460 e. The molecule has 1 amide bonds. The monoisotopic (exact) mass is 781 g/mol. The molecule has 1 heterocycles. The molecule has 0 radical (unpaired) electrons. The highest BCUT2D eigenvalue weighted by Gasteiger charge is 2.76. The highest BCUT2D eigenvalue weighted by molar-refractivity contribution is 5.92. The number of carbonyl (C=O) groups excluding carboxylic acids is 5. The number of hydrogen-bond donors (Lipinski definition) is 4. The number of benzene rings is 2. The van der Waals surface area contributed by atoms with Crippen molar-refractivity contribution in [3.05, 3.63) is 71.8 Å². The van der Waals surface area contributed by atoms with Crippen LogP contribution in [0.5, 0.6) is 0 Å². The molecule has 0 bridgehead atoms. The fraction of sp³-hybridized carbons (Fsp3) is 0.595. The van der Waals surface area contributed by atoms with Crippen LogP contribution < -0.4 is 5.32 Å². The summed E-state index contributed by atoms with van der Waals surface area (Å²) >= 11 is 0. The summed E-state index contributed by atoms with van der Waals surface area (Å²) in [4.78, 5) is 68.0. The molecule has 1 aliphatic heterocycles. The molecule has 2 aromatic carbocycles. The summed E-state index contributed by atoms with van der Waals surface area (Å²) in [6.45, 7) is 10.5. The summed E-state index contributed by atoms with van der Waals surface area (Å²) in [6.07, 6.45) is -8.97. The second kappa shape index (κ2) is 16.3. The largest absolute Gasteiger partial charge is 0.460 e. The molecule has 14 heteroatoms. The van der Waals surface area contributed by atoms with Gasteiger partial charge in [0.15, 0.2) is 17.5 Å². The van der Waals surface area contributed by atoms with Crippen molar-refractivity contribution in [1.29, 1.82) is 0 Å². The van der Waals surface area contributed by atoms with Crippen LogP contribution in [0.2, 0.25) is 0 Å². The van der Waals surface area contributed by atoms with E-state index in [1.54, 1.807) is 76.2 Å². The maximum Gasteiger partial charge on any atom is 0.338 e. The summed E-state index contributed by atoms with van der Waals surface area (Å²) in [6, 6.07) is 15.2. The van der Waals surface area contributed by atoms with Crippen molar-refractivity contribution in [2.45, 2.75) is 122 Å². The number of nitrogens with one attached hydrogen (secondary N) is 1. The van der Waals surface area contributed by atoms with Gasteiger partial charge in [-0.25, -0.2) is 9.59 Å². The van der Waals surface area contributed by atoms with Gasteiger partial charge in [0, 0.05) is 39.2 Å². The van der Waals surface area contributed by atoms with Crippen LogP contribution >= 0.6 is 0 Å². The highest BCUT2D eigenvalue weighted by atomic mass is 16.6. The second-order valence-electron chi connectivity index (χ2n) is 16.6. The first kappa shape index (κ1) is 42.9. The molecule has 2 aromatic rings. The lowest BCUT2D eigenvalue weighted by Crippen LogP contribution is -2.81. The normalized spacial score (nSPS) is 32.5. The zero-order valence-electron chi connectivity index (χ0n) is 33.2. The number of carbonyl (C=O) groups is 5. The summed E-state index contributed by atoms with van der Waals surface area (Å²) in [5, 5.41) is 39.6. The summed E-state index contributed by atoms with van der Waals surface area (Å²) in [7, 11) is 1.34. The lowest BCUT2D eigenvalue weighted by molar-refractivity contribution is -0.348. The van der Waals surface area contributed by atoms with Crippen molar-refractivity contribution in [1.82, 2.24) is 5.32 Å². The number of fused-ring (bicyclic) bond motifs is 3. The van der Waals surface area contributed by atoms with E-state index in [9.17, 15) is 39.3 Å². The Morgan fingerprint density at radius 1 is 0.982 bits per heavy atom. The molecule has 0 unspecified atom stereocenters. The molecule has 11 atom stereocenters. The van der Waals surface area contributed by atoms with Crippen molar-refractivity contribution in [3.8, 4) is 0 Å². The first-order chi connectivity index (χ1) is 26.2. The van der Waals surface area contributed by atoms with Gasteiger partial charge in [0.05, 0.1) is 35.6 Å². The number of ketones is 1. The quantitative estimate of drug-likeness (QED) is 0.181. The third-order valence-corrected chi connectivity index (χ3v) is 12.3. The standard InChI is InChI=1S/C42H55NO13/c1-23(2)28(54-38(50)33(47)32(43-24(3)44)26-15-11-9-12-16-26)21-42(51)36(55-37(49)27-17-13-10-14-18-27)34-40(7,35(48)29(52-8)20-39(42,5)6)30(46)19-31-41(34,22-53-31)56-25(4)45/h9-18,23,28-34,36,46-47,51H,19-22H2,1-8H3,(H,43,44)/t28-,29+,30-,31+,32-,33+,34-,36-,40+,41-,42+/m0/s1. The average Bonchev–Trinajstić information content (AvgIpc) is 3.15. The molecule has 0 spiro atoms. The Bertz CT molecular complexity index is 1770. The van der Waals surface area contributed by atoms with E-state index in [1.165, 1.54) is 40.0 Å². The van der Waals surface area contributed by atoms with E-state index in [2.05, 4.69) is 5.32 Å². The zero-order chi connectivity index (χ0) is 41.4. The van der Waals surface area contributed by atoms with E-state index in [4.69, 9.17) is 23.7 Å². The van der Waals surface area contributed by atoms with Crippen molar-refractivity contribution in [2.24, 2.45) is 22.7 Å². The van der Waals surface area contributed by atoms with Gasteiger partial charge < -0.3 is 44.3 Å². The average molecular weight is 782 g/mol. The fourth-order valence-electron chi connectivity index (χ4n) is 8.95. The van der Waals surface area contributed by atoms with E-state index >= 15 is 0 Å². The molecule has 3 aliphatic rings. The molecular formula is C42H55NO13. The summed E-state index contributed by atoms with van der Waals surface area (Å²) < 4.78 is 30.2. The van der Waals surface area contributed by atoms with Crippen molar-refractivity contribution >= 4 is 29.6 Å². The smallest absolute Gasteiger partial charge is 0.338 e. The Labute approximate surface area is 327 Å². The first-order valence-electron chi connectivity index (χ1n) is 19.0. The summed E-state index contributed by atoms with van der Waals surface area (Å²) in [5.74, 6) is -5.66. The minimum absolute atomic E-state index is 0.107. The molecule has 2 aliphatic carbocycles. The van der Waals surface area contributed by atoms with Crippen LogP contribution in [-0.4, -0.2) is 106 Å². The molecule has 0 aromatic heterocycles. The van der Waals surface area contributed by atoms with Crippen molar-refractivity contribution < 1.29 is 63.0 Å². The van der Waals surface area contributed by atoms with Crippen LogP contribution in [0.25, 0.3) is 0 Å². The lowest BCUT2D eigenvalue weighted by Gasteiger charge is -2.66. The second-order valence-corrected chi connectivity index (χ2v) is 16.6. The maximum atomic E-state index is 14.8. The number of hydrogen-bond acceptors (Lipinski definition) is 13. The van der Waals surface area contributed by atoms with Crippen LogP contribution in [0.3, 0.4) is 0 Å². The Balaban J connectivity index is 1.68. The number of rotatable bonds is 12. The molecule has 2 saturated carbocycles. The van der Waals surface area contributed by atoms with Gasteiger partial charge >= 0.3 is 17.9 Å². The van der Waals surface area contributed by atoms with Crippen LogP contribution in [0, 0.1) is 22.7 Å². The van der Waals surface area contributed by atoms with Crippen LogP contribution in [0.4, 0.5) is 0 Å². The highest BCUT2D eigenvalue weighted by Crippen LogP contribution is 2.62. The van der Waals surface area contributed by atoms with Gasteiger partial charge in [-0.3, -0.25) is 14.4 Å². The minimum atomic E-state index is -2.23. The number of aliphatic hydroxyl groups excluding tert-OH is 2. The van der Waals surface area contributed by atoms with Gasteiger partial charge in [-0.1, -0.05) is 76.2 Å². The Hall–Kier alpha value is -4.21. The Morgan fingerprint density at radius 2 is 1.59 bits per heavy atom. The number of amides is 1. The van der Waals surface area contributed by atoms with Crippen molar-refractivity contribution in [3.63, 3.8) is 0 Å². The van der Waals surface area contributed by atoms with Crippen LogP contribution in [0.1, 0.15) is 89.7 Å². The zero-order valence-corrected chi connectivity index (χ0v) is 33.2. The molecule has 56 heavy (non-hydrogen) atoms. The predicted octanol–water partition coefficient (Wildman–Crippen LogP) is 3.24. The molecular weight excluding hydrogens is 726 g/mol.